The van der Waals surface area contributed by atoms with E-state index in [1.165, 1.54) is 28.4 Å². The first-order valence-electron chi connectivity index (χ1n) is 4.32. The van der Waals surface area contributed by atoms with Crippen LogP contribution in [0.3, 0.4) is 0 Å². The quantitative estimate of drug-likeness (QED) is 0.716. The second-order valence-corrected chi connectivity index (χ2v) is 9.52. The summed E-state index contributed by atoms with van der Waals surface area (Å²) in [4.78, 5) is 0. The standard InChI is InChI=1S/C5H15FN3O5P3/c1-10-15(6)7-16(11-2,12-3)9-17(8-15,13-4)14-5/h1-5H3. The van der Waals surface area contributed by atoms with Crippen LogP contribution in [0.1, 0.15) is 0 Å². The molecule has 0 N–H and O–H groups in total. The lowest BCUT2D eigenvalue weighted by Crippen LogP contribution is -1.95. The van der Waals surface area contributed by atoms with Crippen LogP contribution >= 0.6 is 23.1 Å². The molecule has 0 aromatic heterocycles. The van der Waals surface area contributed by atoms with E-state index in [0.29, 0.717) is 0 Å². The van der Waals surface area contributed by atoms with E-state index in [-0.39, 0.29) is 0 Å². The van der Waals surface area contributed by atoms with Crippen LogP contribution in [0.2, 0.25) is 0 Å². The van der Waals surface area contributed by atoms with Gasteiger partial charge in [-0.3, -0.25) is 0 Å². The van der Waals surface area contributed by atoms with E-state index in [0.717, 1.165) is 7.11 Å². The van der Waals surface area contributed by atoms with Gasteiger partial charge in [0.05, 0.1) is 0 Å². The summed E-state index contributed by atoms with van der Waals surface area (Å²) in [5, 5.41) is 0. The van der Waals surface area contributed by atoms with Gasteiger partial charge in [-0.25, -0.2) is 0 Å². The van der Waals surface area contributed by atoms with Gasteiger partial charge in [0.1, 0.15) is 0 Å². The Morgan fingerprint density at radius 2 is 1.06 bits per heavy atom. The minimum absolute atomic E-state index is 1.16. The van der Waals surface area contributed by atoms with Gasteiger partial charge in [0.25, 0.3) is 0 Å². The van der Waals surface area contributed by atoms with Crippen LogP contribution in [-0.2, 0) is 22.6 Å². The molecular weight excluding hydrogens is 294 g/mol. The zero-order valence-corrected chi connectivity index (χ0v) is 12.8. The topological polar surface area (TPSA) is 83.2 Å². The zero-order valence-electron chi connectivity index (χ0n) is 10.1. The van der Waals surface area contributed by atoms with Gasteiger partial charge in [-0.05, 0) is 0 Å². The van der Waals surface area contributed by atoms with E-state index < -0.39 is 23.1 Å². The molecule has 0 amide bonds. The van der Waals surface area contributed by atoms with Crippen molar-refractivity contribution in [2.75, 3.05) is 35.5 Å². The molecule has 1 unspecified atom stereocenters. The molecule has 17 heavy (non-hydrogen) atoms. The highest BCUT2D eigenvalue weighted by Crippen LogP contribution is 2.79. The predicted molar refractivity (Wildman–Crippen MR) is 64.2 cm³/mol. The molecule has 0 bridgehead atoms. The Hall–Kier alpha value is 0.420. The van der Waals surface area contributed by atoms with Gasteiger partial charge < -0.3 is 22.6 Å². The third-order valence-electron chi connectivity index (χ3n) is 1.86. The van der Waals surface area contributed by atoms with Crippen molar-refractivity contribution in [3.63, 3.8) is 0 Å². The Balaban J connectivity index is 3.57. The maximum Gasteiger partial charge on any atom is 0.387 e. The summed E-state index contributed by atoms with van der Waals surface area (Å²) in [7, 11) is -3.76. The van der Waals surface area contributed by atoms with Gasteiger partial charge in [0.15, 0.2) is 0 Å². The Morgan fingerprint density at radius 1 is 0.647 bits per heavy atom. The molecule has 0 radical (unpaired) electrons. The average Bonchev–Trinajstić information content (AvgIpc) is 2.37. The van der Waals surface area contributed by atoms with Crippen LogP contribution in [0.15, 0.2) is 13.5 Å². The summed E-state index contributed by atoms with van der Waals surface area (Å²) in [6, 6.07) is 0. The van der Waals surface area contributed by atoms with Crippen LogP contribution in [0.4, 0.5) is 4.20 Å². The largest absolute Gasteiger partial charge is 0.387 e. The van der Waals surface area contributed by atoms with Crippen molar-refractivity contribution in [1.82, 2.24) is 0 Å². The third kappa shape index (κ3) is 3.06. The molecule has 0 saturated carbocycles. The van der Waals surface area contributed by atoms with Gasteiger partial charge in [0.2, 0.25) is 0 Å². The number of hydrogen-bond acceptors (Lipinski definition) is 8. The minimum atomic E-state index is -3.90. The van der Waals surface area contributed by atoms with E-state index in [9.17, 15) is 4.20 Å². The Bertz CT molecular complexity index is 425. The normalized spacial score (nSPS) is 30.0. The molecule has 0 aliphatic carbocycles. The Kier molecular flexibility index (Phi) is 5.09. The van der Waals surface area contributed by atoms with Gasteiger partial charge in [-0.15, -0.1) is 13.5 Å². The minimum Gasteiger partial charge on any atom is -0.310 e. The summed E-state index contributed by atoms with van der Waals surface area (Å²) >= 11 is 0. The SMILES string of the molecule is COP1(F)=NP(OC)(OC)=NP(OC)(OC)=N1. The molecule has 0 aromatic rings. The summed E-state index contributed by atoms with van der Waals surface area (Å²) in [5.41, 5.74) is 0. The first kappa shape index (κ1) is 15.5. The molecule has 0 fully saturated rings. The van der Waals surface area contributed by atoms with E-state index in [1.54, 1.807) is 0 Å². The number of halogens is 1. The Morgan fingerprint density at radius 3 is 1.41 bits per heavy atom. The smallest absolute Gasteiger partial charge is 0.310 e. The fourth-order valence-electron chi connectivity index (χ4n) is 0.990. The van der Waals surface area contributed by atoms with E-state index in [4.69, 9.17) is 18.1 Å². The predicted octanol–water partition coefficient (Wildman–Crippen LogP) is 4.04. The van der Waals surface area contributed by atoms with Crippen molar-refractivity contribution in [3.8, 4) is 0 Å². The third-order valence-corrected chi connectivity index (χ3v) is 9.61. The van der Waals surface area contributed by atoms with Crippen molar-refractivity contribution in [2.24, 2.45) is 13.5 Å². The van der Waals surface area contributed by atoms with Gasteiger partial charge >= 0.3 is 23.1 Å². The zero-order chi connectivity index (χ0) is 13.2. The van der Waals surface area contributed by atoms with Crippen molar-refractivity contribution >= 4 is 23.1 Å². The molecule has 1 aliphatic heterocycles. The van der Waals surface area contributed by atoms with E-state index >= 15 is 0 Å². The van der Waals surface area contributed by atoms with Crippen LogP contribution < -0.4 is 0 Å². The summed E-state index contributed by atoms with van der Waals surface area (Å²) < 4.78 is 50.7. The fraction of sp³-hybridized carbons (Fsp3) is 1.00. The molecule has 1 heterocycles. The molecule has 0 saturated heterocycles. The molecule has 12 heteroatoms. The maximum atomic E-state index is 14.3. The first-order valence-corrected chi connectivity index (χ1v) is 8.89. The molecule has 0 aromatic carbocycles. The van der Waals surface area contributed by atoms with Crippen LogP contribution in [-0.4, -0.2) is 35.5 Å². The first-order chi connectivity index (χ1) is 7.92. The highest BCUT2D eigenvalue weighted by Gasteiger charge is 2.39. The van der Waals surface area contributed by atoms with E-state index in [2.05, 4.69) is 18.1 Å². The molecule has 8 nitrogen and oxygen atoms in total. The highest BCUT2D eigenvalue weighted by molar-refractivity contribution is 7.78. The van der Waals surface area contributed by atoms with Crippen molar-refractivity contribution in [1.29, 1.82) is 0 Å². The number of rotatable bonds is 5. The van der Waals surface area contributed by atoms with E-state index in [1.807, 2.05) is 0 Å². The maximum absolute atomic E-state index is 14.3. The monoisotopic (exact) mass is 309 g/mol. The lowest BCUT2D eigenvalue weighted by Gasteiger charge is -2.27. The lowest BCUT2D eigenvalue weighted by atomic mass is 11.8. The van der Waals surface area contributed by atoms with Gasteiger partial charge in [-0.1, -0.05) is 0 Å². The van der Waals surface area contributed by atoms with Crippen LogP contribution in [0.5, 0.6) is 0 Å². The van der Waals surface area contributed by atoms with Crippen LogP contribution in [0.25, 0.3) is 0 Å². The molecular formula is C5H15FN3O5P3. The van der Waals surface area contributed by atoms with Crippen molar-refractivity contribution < 1.29 is 26.8 Å². The number of nitrogens with zero attached hydrogens (tertiary/aromatic N) is 3. The average molecular weight is 309 g/mol. The Labute approximate surface area is 99.6 Å². The second-order valence-electron chi connectivity index (χ2n) is 2.64. The van der Waals surface area contributed by atoms with Crippen molar-refractivity contribution in [3.05, 3.63) is 0 Å². The molecule has 1 rings (SSSR count). The van der Waals surface area contributed by atoms with Gasteiger partial charge in [0, 0.05) is 35.5 Å². The molecule has 1 atom stereocenters. The molecule has 0 spiro atoms. The number of hydrogen-bond donors (Lipinski definition) is 0. The summed E-state index contributed by atoms with van der Waals surface area (Å²) in [6.07, 6.45) is 0. The molecule has 1 aliphatic rings. The van der Waals surface area contributed by atoms with Crippen molar-refractivity contribution in [2.45, 2.75) is 0 Å². The second kappa shape index (κ2) is 5.59. The summed E-state index contributed by atoms with van der Waals surface area (Å²) in [6.45, 7) is 0. The van der Waals surface area contributed by atoms with Crippen LogP contribution in [0, 0.1) is 0 Å². The fourth-order valence-corrected chi connectivity index (χ4v) is 8.98. The highest BCUT2D eigenvalue weighted by atomic mass is 31.3. The summed E-state index contributed by atoms with van der Waals surface area (Å²) in [5.74, 6) is 0. The molecule has 102 valence electrons. The lowest BCUT2D eigenvalue weighted by molar-refractivity contribution is 0.311. The van der Waals surface area contributed by atoms with Gasteiger partial charge in [-0.2, -0.15) is 4.20 Å².